The highest BCUT2D eigenvalue weighted by Crippen LogP contribution is 2.28. The van der Waals surface area contributed by atoms with E-state index in [1.807, 2.05) is 6.07 Å². The molecule has 1 aromatic carbocycles. The van der Waals surface area contributed by atoms with E-state index in [0.717, 1.165) is 0 Å². The number of ether oxygens (including phenoxy) is 1. The van der Waals surface area contributed by atoms with Crippen LogP contribution in [0.2, 0.25) is 5.02 Å². The van der Waals surface area contributed by atoms with Gasteiger partial charge in [-0.1, -0.05) is 17.7 Å². The number of hydrogen-bond acceptors (Lipinski definition) is 6. The summed E-state index contributed by atoms with van der Waals surface area (Å²) in [7, 11) is -3.69. The Morgan fingerprint density at radius 2 is 2.12 bits per heavy atom. The lowest BCUT2D eigenvalue weighted by molar-refractivity contribution is 0.124. The zero-order chi connectivity index (χ0) is 18.7. The van der Waals surface area contributed by atoms with E-state index in [1.54, 1.807) is 25.1 Å². The number of benzene rings is 1. The molecule has 1 atom stereocenters. The lowest BCUT2D eigenvalue weighted by atomic mass is 10.1. The summed E-state index contributed by atoms with van der Waals surface area (Å²) in [5.74, 6) is 0.123. The number of nitrogens with zero attached hydrogens (tertiary/aromatic N) is 4. The van der Waals surface area contributed by atoms with Gasteiger partial charge in [0.15, 0.2) is 0 Å². The van der Waals surface area contributed by atoms with Crippen LogP contribution in [0.25, 0.3) is 0 Å². The van der Waals surface area contributed by atoms with Gasteiger partial charge < -0.3 is 4.74 Å². The molecular weight excluding hydrogens is 376 g/mol. The second-order valence-corrected chi connectivity index (χ2v) is 8.24. The number of rotatable bonds is 4. The van der Waals surface area contributed by atoms with Gasteiger partial charge in [-0.05, 0) is 37.5 Å². The van der Waals surface area contributed by atoms with Crippen LogP contribution in [0.15, 0.2) is 35.5 Å². The fourth-order valence-electron chi connectivity index (χ4n) is 2.87. The van der Waals surface area contributed by atoms with Gasteiger partial charge in [0.2, 0.25) is 15.7 Å². The van der Waals surface area contributed by atoms with Crippen molar-refractivity contribution in [2.24, 2.45) is 0 Å². The molecule has 0 amide bonds. The maximum atomic E-state index is 13.0. The van der Waals surface area contributed by atoms with Gasteiger partial charge in [0.05, 0.1) is 11.4 Å². The van der Waals surface area contributed by atoms with Crippen LogP contribution in [0, 0.1) is 18.3 Å². The third-order valence-corrected chi connectivity index (χ3v) is 6.64. The van der Waals surface area contributed by atoms with E-state index in [4.69, 9.17) is 21.6 Å². The van der Waals surface area contributed by atoms with Gasteiger partial charge in [-0.2, -0.15) is 9.57 Å². The van der Waals surface area contributed by atoms with Gasteiger partial charge in [-0.15, -0.1) is 0 Å². The summed E-state index contributed by atoms with van der Waals surface area (Å²) in [6.45, 7) is 2.27. The molecule has 2 aromatic rings. The van der Waals surface area contributed by atoms with Gasteiger partial charge in [0, 0.05) is 24.0 Å². The van der Waals surface area contributed by atoms with Crippen LogP contribution in [0.4, 0.5) is 0 Å². The largest absolute Gasteiger partial charge is 0.471 e. The van der Waals surface area contributed by atoms with Crippen molar-refractivity contribution in [1.29, 1.82) is 5.26 Å². The summed E-state index contributed by atoms with van der Waals surface area (Å²) < 4.78 is 33.2. The highest BCUT2D eigenvalue weighted by Gasteiger charge is 2.33. The van der Waals surface area contributed by atoms with E-state index in [1.165, 1.54) is 16.7 Å². The SMILES string of the molecule is Cc1c(Cl)cccc1S(=O)(=O)N1CCCC(Oc2nccnc2C#N)C1. The molecule has 1 saturated heterocycles. The van der Waals surface area contributed by atoms with Crippen LogP contribution in [0.5, 0.6) is 5.88 Å². The third kappa shape index (κ3) is 3.65. The highest BCUT2D eigenvalue weighted by molar-refractivity contribution is 7.89. The summed E-state index contributed by atoms with van der Waals surface area (Å²) in [5.41, 5.74) is 0.607. The van der Waals surface area contributed by atoms with E-state index in [2.05, 4.69) is 9.97 Å². The van der Waals surface area contributed by atoms with Crippen LogP contribution in [0.1, 0.15) is 24.1 Å². The minimum Gasteiger partial charge on any atom is -0.471 e. The lowest BCUT2D eigenvalue weighted by Crippen LogP contribution is -2.44. The minimum atomic E-state index is -3.69. The van der Waals surface area contributed by atoms with Crippen molar-refractivity contribution in [2.45, 2.75) is 30.8 Å². The Hall–Kier alpha value is -2.21. The normalized spacial score (nSPS) is 18.3. The van der Waals surface area contributed by atoms with Gasteiger partial charge in [-0.25, -0.2) is 18.4 Å². The van der Waals surface area contributed by atoms with E-state index in [9.17, 15) is 8.42 Å². The predicted molar refractivity (Wildman–Crippen MR) is 95.3 cm³/mol. The zero-order valence-corrected chi connectivity index (χ0v) is 15.7. The molecule has 1 unspecified atom stereocenters. The van der Waals surface area contributed by atoms with Crippen molar-refractivity contribution in [3.05, 3.63) is 46.9 Å². The summed E-state index contributed by atoms with van der Waals surface area (Å²) in [6.07, 6.45) is 3.75. The van der Waals surface area contributed by atoms with Crippen molar-refractivity contribution in [3.8, 4) is 11.9 Å². The number of aromatic nitrogens is 2. The molecule has 0 N–H and O–H groups in total. The van der Waals surface area contributed by atoms with Crippen LogP contribution in [0.3, 0.4) is 0 Å². The molecular formula is C17H17ClN4O3S. The Bertz CT molecular complexity index is 959. The molecule has 3 rings (SSSR count). The number of sulfonamides is 1. The van der Waals surface area contributed by atoms with Crippen molar-refractivity contribution >= 4 is 21.6 Å². The second-order valence-electron chi connectivity index (χ2n) is 5.93. The molecule has 0 saturated carbocycles. The Kier molecular flexibility index (Phi) is 5.41. The van der Waals surface area contributed by atoms with Crippen LogP contribution in [-0.4, -0.2) is 41.9 Å². The number of halogens is 1. The summed E-state index contributed by atoms with van der Waals surface area (Å²) in [4.78, 5) is 8.12. The Balaban J connectivity index is 1.82. The topological polar surface area (TPSA) is 96.2 Å². The maximum Gasteiger partial charge on any atom is 0.251 e. The molecule has 1 fully saturated rings. The molecule has 0 aliphatic carbocycles. The average Bonchev–Trinajstić information content (AvgIpc) is 2.64. The molecule has 0 radical (unpaired) electrons. The Morgan fingerprint density at radius 3 is 2.88 bits per heavy atom. The van der Waals surface area contributed by atoms with Crippen LogP contribution >= 0.6 is 11.6 Å². The standard InChI is InChI=1S/C17H17ClN4O3S/c1-12-14(18)5-2-6-16(12)26(23,24)22-9-3-4-13(11-22)25-17-15(10-19)20-7-8-21-17/h2,5-8,13H,3-4,9,11H2,1H3. The first-order valence-corrected chi connectivity index (χ1v) is 9.88. The molecule has 2 heterocycles. The fourth-order valence-corrected chi connectivity index (χ4v) is 4.86. The predicted octanol–water partition coefficient (Wildman–Crippen LogP) is 2.54. The molecule has 1 aliphatic heterocycles. The summed E-state index contributed by atoms with van der Waals surface area (Å²) in [5, 5.41) is 9.49. The number of hydrogen-bond donors (Lipinski definition) is 0. The average molecular weight is 393 g/mol. The minimum absolute atomic E-state index is 0.0816. The molecule has 1 aliphatic rings. The van der Waals surface area contributed by atoms with E-state index in [-0.39, 0.29) is 23.0 Å². The zero-order valence-electron chi connectivity index (χ0n) is 14.1. The molecule has 1 aromatic heterocycles. The first kappa shape index (κ1) is 18.6. The Labute approximate surface area is 157 Å². The fraction of sp³-hybridized carbons (Fsp3) is 0.353. The van der Waals surface area contributed by atoms with Crippen LogP contribution in [-0.2, 0) is 10.0 Å². The van der Waals surface area contributed by atoms with Crippen molar-refractivity contribution in [3.63, 3.8) is 0 Å². The van der Waals surface area contributed by atoms with E-state index < -0.39 is 16.1 Å². The van der Waals surface area contributed by atoms with Crippen molar-refractivity contribution < 1.29 is 13.2 Å². The Morgan fingerprint density at radius 1 is 1.35 bits per heavy atom. The monoisotopic (exact) mass is 392 g/mol. The number of piperidine rings is 1. The van der Waals surface area contributed by atoms with Gasteiger partial charge in [0.1, 0.15) is 12.2 Å². The van der Waals surface area contributed by atoms with E-state index in [0.29, 0.717) is 30.0 Å². The number of nitriles is 1. The first-order chi connectivity index (χ1) is 12.4. The van der Waals surface area contributed by atoms with E-state index >= 15 is 0 Å². The van der Waals surface area contributed by atoms with Gasteiger partial charge in [0.25, 0.3) is 5.88 Å². The molecule has 0 bridgehead atoms. The lowest BCUT2D eigenvalue weighted by Gasteiger charge is -2.32. The molecule has 136 valence electrons. The van der Waals surface area contributed by atoms with Crippen LogP contribution < -0.4 is 4.74 Å². The molecule has 0 spiro atoms. The smallest absolute Gasteiger partial charge is 0.251 e. The third-order valence-electron chi connectivity index (χ3n) is 4.23. The summed E-state index contributed by atoms with van der Waals surface area (Å²) in [6, 6.07) is 6.76. The molecule has 9 heteroatoms. The van der Waals surface area contributed by atoms with Crippen molar-refractivity contribution in [1.82, 2.24) is 14.3 Å². The van der Waals surface area contributed by atoms with Gasteiger partial charge in [-0.3, -0.25) is 0 Å². The van der Waals surface area contributed by atoms with Gasteiger partial charge >= 0.3 is 0 Å². The quantitative estimate of drug-likeness (QED) is 0.793. The molecule has 26 heavy (non-hydrogen) atoms. The highest BCUT2D eigenvalue weighted by atomic mass is 35.5. The molecule has 7 nitrogen and oxygen atoms in total. The van der Waals surface area contributed by atoms with Crippen molar-refractivity contribution in [2.75, 3.05) is 13.1 Å². The summed E-state index contributed by atoms with van der Waals surface area (Å²) >= 11 is 6.07. The second kappa shape index (κ2) is 7.58. The maximum absolute atomic E-state index is 13.0. The first-order valence-electron chi connectivity index (χ1n) is 8.06.